The first-order valence-corrected chi connectivity index (χ1v) is 9.26. The first kappa shape index (κ1) is 16.2. The number of sulfonamides is 1. The van der Waals surface area contributed by atoms with E-state index in [9.17, 15) is 8.42 Å². The molecule has 0 spiro atoms. The topological polar surface area (TPSA) is 88.4 Å². The van der Waals surface area contributed by atoms with Crippen molar-refractivity contribution in [2.75, 3.05) is 24.2 Å². The van der Waals surface area contributed by atoms with E-state index in [1.807, 2.05) is 6.20 Å². The summed E-state index contributed by atoms with van der Waals surface area (Å²) in [5.41, 5.74) is 1.00. The van der Waals surface area contributed by atoms with Crippen LogP contribution >= 0.6 is 11.3 Å². The highest BCUT2D eigenvalue weighted by Gasteiger charge is 2.19. The first-order valence-electron chi connectivity index (χ1n) is 6.79. The highest BCUT2D eigenvalue weighted by molar-refractivity contribution is 7.89. The van der Waals surface area contributed by atoms with Crippen LogP contribution in [0.25, 0.3) is 4.96 Å². The molecule has 0 bridgehead atoms. The number of imidazole rings is 1. The third kappa shape index (κ3) is 4.14. The van der Waals surface area contributed by atoms with Gasteiger partial charge in [0, 0.05) is 18.5 Å². The molecule has 0 fully saturated rings. The molecule has 0 atom stereocenters. The second kappa shape index (κ2) is 5.90. The van der Waals surface area contributed by atoms with E-state index in [0.29, 0.717) is 13.1 Å². The Morgan fingerprint density at radius 3 is 2.62 bits per heavy atom. The van der Waals surface area contributed by atoms with Crippen molar-refractivity contribution >= 4 is 31.5 Å². The molecule has 0 saturated carbocycles. The van der Waals surface area contributed by atoms with Crippen molar-refractivity contribution in [1.82, 2.24) is 19.3 Å². The van der Waals surface area contributed by atoms with Crippen molar-refractivity contribution in [3.05, 3.63) is 11.9 Å². The van der Waals surface area contributed by atoms with Crippen molar-refractivity contribution < 1.29 is 8.42 Å². The van der Waals surface area contributed by atoms with Gasteiger partial charge in [0.05, 0.1) is 17.6 Å². The van der Waals surface area contributed by atoms with Crippen LogP contribution in [-0.4, -0.2) is 41.9 Å². The summed E-state index contributed by atoms with van der Waals surface area (Å²) >= 11 is 1.45. The van der Waals surface area contributed by atoms with Crippen LogP contribution in [0.2, 0.25) is 0 Å². The average Bonchev–Trinajstić information content (AvgIpc) is 2.92. The predicted molar refractivity (Wildman–Crippen MR) is 85.5 cm³/mol. The Kier molecular flexibility index (Phi) is 4.54. The van der Waals surface area contributed by atoms with Gasteiger partial charge in [-0.1, -0.05) is 32.1 Å². The lowest BCUT2D eigenvalue weighted by Crippen LogP contribution is -2.30. The minimum Gasteiger partial charge on any atom is -0.359 e. The smallest absolute Gasteiger partial charge is 0.214 e. The van der Waals surface area contributed by atoms with Crippen LogP contribution in [-0.2, 0) is 15.4 Å². The summed E-state index contributed by atoms with van der Waals surface area (Å²) < 4.78 is 26.8. The summed E-state index contributed by atoms with van der Waals surface area (Å²) in [6.45, 7) is 8.76. The summed E-state index contributed by atoms with van der Waals surface area (Å²) in [5, 5.41) is 8.21. The highest BCUT2D eigenvalue weighted by atomic mass is 32.2. The monoisotopic (exact) mass is 331 g/mol. The van der Waals surface area contributed by atoms with Gasteiger partial charge in [0.2, 0.25) is 20.1 Å². The molecule has 0 aliphatic rings. The Morgan fingerprint density at radius 2 is 2.05 bits per heavy atom. The second-order valence-electron chi connectivity index (χ2n) is 5.74. The van der Waals surface area contributed by atoms with Crippen molar-refractivity contribution in [3.8, 4) is 0 Å². The maximum Gasteiger partial charge on any atom is 0.214 e. The molecular formula is C12H21N5O2S2. The number of hydrogen-bond acceptors (Lipinski definition) is 6. The zero-order valence-electron chi connectivity index (χ0n) is 12.7. The van der Waals surface area contributed by atoms with Gasteiger partial charge in [-0.3, -0.25) is 0 Å². The van der Waals surface area contributed by atoms with Gasteiger partial charge in [0.1, 0.15) is 0 Å². The van der Waals surface area contributed by atoms with Gasteiger partial charge in [-0.2, -0.15) is 0 Å². The molecule has 0 unspecified atom stereocenters. The summed E-state index contributed by atoms with van der Waals surface area (Å²) in [4.78, 5) is 5.38. The van der Waals surface area contributed by atoms with Gasteiger partial charge in [-0.05, 0) is 6.92 Å². The fourth-order valence-electron chi connectivity index (χ4n) is 1.61. The summed E-state index contributed by atoms with van der Waals surface area (Å²) in [5.74, 6) is 0.0909. The molecule has 118 valence electrons. The van der Waals surface area contributed by atoms with Gasteiger partial charge in [-0.15, -0.1) is 5.10 Å². The average molecular weight is 331 g/mol. The standard InChI is InChI=1S/C12H21N5O2S2/c1-5-21(18,19)14-7-6-13-10-16-17-8-9(12(2,3)4)15-11(17)20-10/h8,14H,5-7H2,1-4H3,(H,13,16). The van der Waals surface area contributed by atoms with Gasteiger partial charge in [0.25, 0.3) is 0 Å². The van der Waals surface area contributed by atoms with Crippen LogP contribution in [0, 0.1) is 0 Å². The third-order valence-electron chi connectivity index (χ3n) is 2.91. The van der Waals surface area contributed by atoms with Crippen molar-refractivity contribution in [2.24, 2.45) is 0 Å². The maximum absolute atomic E-state index is 11.3. The molecule has 2 rings (SSSR count). The van der Waals surface area contributed by atoms with E-state index in [-0.39, 0.29) is 11.2 Å². The van der Waals surface area contributed by atoms with Crippen LogP contribution in [0.15, 0.2) is 6.20 Å². The van der Waals surface area contributed by atoms with Gasteiger partial charge >= 0.3 is 0 Å². The fraction of sp³-hybridized carbons (Fsp3) is 0.667. The van der Waals surface area contributed by atoms with Crippen molar-refractivity contribution in [1.29, 1.82) is 0 Å². The van der Waals surface area contributed by atoms with Crippen LogP contribution in [0.1, 0.15) is 33.4 Å². The van der Waals surface area contributed by atoms with E-state index in [1.165, 1.54) is 11.3 Å². The molecule has 0 aliphatic carbocycles. The second-order valence-corrected chi connectivity index (χ2v) is 8.79. The molecule has 0 aliphatic heterocycles. The molecule has 2 aromatic heterocycles. The fourth-order valence-corrected chi connectivity index (χ4v) is 3.04. The molecular weight excluding hydrogens is 310 g/mol. The molecule has 7 nitrogen and oxygen atoms in total. The molecule has 9 heteroatoms. The van der Waals surface area contributed by atoms with Crippen LogP contribution in [0.4, 0.5) is 5.13 Å². The van der Waals surface area contributed by atoms with E-state index in [0.717, 1.165) is 15.8 Å². The third-order valence-corrected chi connectivity index (χ3v) is 5.20. The lowest BCUT2D eigenvalue weighted by Gasteiger charge is -2.13. The molecule has 0 saturated heterocycles. The Hall–Kier alpha value is -1.19. The van der Waals surface area contributed by atoms with Gasteiger partial charge in [-0.25, -0.2) is 22.6 Å². The number of nitrogens with one attached hydrogen (secondary N) is 2. The number of rotatable bonds is 6. The number of fused-ring (bicyclic) bond motifs is 1. The minimum absolute atomic E-state index is 0.000552. The molecule has 0 aromatic carbocycles. The first-order chi connectivity index (χ1) is 9.71. The summed E-state index contributed by atoms with van der Waals surface area (Å²) in [6.07, 6.45) is 1.93. The van der Waals surface area contributed by atoms with Crippen LogP contribution in [0.5, 0.6) is 0 Å². The lowest BCUT2D eigenvalue weighted by atomic mass is 9.93. The molecule has 2 N–H and O–H groups in total. The Balaban J connectivity index is 1.94. The number of aromatic nitrogens is 3. The quantitative estimate of drug-likeness (QED) is 0.782. The van der Waals surface area contributed by atoms with Gasteiger partial charge < -0.3 is 5.32 Å². The zero-order chi connectivity index (χ0) is 15.7. The van der Waals surface area contributed by atoms with Crippen LogP contribution < -0.4 is 10.0 Å². The SMILES string of the molecule is CCS(=O)(=O)NCCNc1nn2cc(C(C)(C)C)nc2s1. The minimum atomic E-state index is -3.13. The van der Waals surface area contributed by atoms with Crippen LogP contribution in [0.3, 0.4) is 0 Å². The molecule has 21 heavy (non-hydrogen) atoms. The molecule has 2 aromatic rings. The Labute approximate surface area is 128 Å². The number of hydrogen-bond donors (Lipinski definition) is 2. The summed E-state index contributed by atoms with van der Waals surface area (Å²) in [7, 11) is -3.13. The largest absolute Gasteiger partial charge is 0.359 e. The Morgan fingerprint density at radius 1 is 1.33 bits per heavy atom. The van der Waals surface area contributed by atoms with E-state index in [4.69, 9.17) is 0 Å². The normalized spacial score (nSPS) is 13.0. The Bertz CT molecular complexity index is 680. The van der Waals surface area contributed by atoms with Crippen molar-refractivity contribution in [3.63, 3.8) is 0 Å². The molecule has 2 heterocycles. The zero-order valence-corrected chi connectivity index (χ0v) is 14.3. The highest BCUT2D eigenvalue weighted by Crippen LogP contribution is 2.25. The van der Waals surface area contributed by atoms with E-state index in [1.54, 1.807) is 11.4 Å². The number of anilines is 1. The number of nitrogens with zero attached hydrogens (tertiary/aromatic N) is 3. The summed E-state index contributed by atoms with van der Waals surface area (Å²) in [6, 6.07) is 0. The predicted octanol–water partition coefficient (Wildman–Crippen LogP) is 1.44. The lowest BCUT2D eigenvalue weighted by molar-refractivity contribution is 0.572. The molecule has 0 radical (unpaired) electrons. The van der Waals surface area contributed by atoms with E-state index >= 15 is 0 Å². The molecule has 0 amide bonds. The van der Waals surface area contributed by atoms with E-state index < -0.39 is 10.0 Å². The van der Waals surface area contributed by atoms with Crippen molar-refractivity contribution in [2.45, 2.75) is 33.1 Å². The maximum atomic E-state index is 11.3. The van der Waals surface area contributed by atoms with E-state index in [2.05, 4.69) is 40.9 Å². The van der Waals surface area contributed by atoms with Gasteiger partial charge in [0.15, 0.2) is 0 Å².